The van der Waals surface area contributed by atoms with Crippen molar-refractivity contribution >= 4 is 14.0 Å². The molecule has 0 saturated carbocycles. The van der Waals surface area contributed by atoms with Gasteiger partial charge in [0.25, 0.3) is 0 Å². The third kappa shape index (κ3) is 3.64. The van der Waals surface area contributed by atoms with Gasteiger partial charge in [0.05, 0.1) is 22.4 Å². The molecule has 0 aromatic rings. The molecule has 7 heteroatoms. The molecule has 0 amide bonds. The van der Waals surface area contributed by atoms with E-state index in [2.05, 4.69) is 0 Å². The van der Waals surface area contributed by atoms with Crippen LogP contribution < -0.4 is 0 Å². The monoisotopic (exact) mass is 302 g/mol. The van der Waals surface area contributed by atoms with Crippen LogP contribution in [0, 0.1) is 0 Å². The van der Waals surface area contributed by atoms with Crippen LogP contribution in [0.5, 0.6) is 0 Å². The average molecular weight is 302 g/mol. The smallest absolute Gasteiger partial charge is 0.412 e. The lowest BCUT2D eigenvalue weighted by Gasteiger charge is -2.32. The molecule has 0 radical (unpaired) electrons. The normalized spacial score (nSPS) is 27.7. The Kier molecular flexibility index (Phi) is 6.18. The maximum absolute atomic E-state index is 5.96. The van der Waals surface area contributed by atoms with Gasteiger partial charge >= 0.3 is 14.0 Å². The lowest BCUT2D eigenvalue weighted by Crippen LogP contribution is -2.41. The Morgan fingerprint density at radius 2 is 0.619 bits per heavy atom. The van der Waals surface area contributed by atoms with Gasteiger partial charge in [-0.3, -0.25) is 0 Å². The molecule has 0 aromatic carbocycles. The minimum absolute atomic E-state index is 0. The lowest BCUT2D eigenvalue weighted by atomic mass is 9.49. The number of hydrogen-bond acceptors (Lipinski definition) is 4. The van der Waals surface area contributed by atoms with E-state index in [1.54, 1.807) is 0 Å². The molecule has 2 N–H and O–H groups in total. The summed E-state index contributed by atoms with van der Waals surface area (Å²) in [7, 11) is -0.952. The maximum Gasteiger partial charge on any atom is 0.488 e. The van der Waals surface area contributed by atoms with Crippen molar-refractivity contribution in [2.75, 3.05) is 0 Å². The zero-order valence-electron chi connectivity index (χ0n) is 15.3. The van der Waals surface area contributed by atoms with E-state index < -0.39 is 14.0 Å². The minimum Gasteiger partial charge on any atom is -0.412 e. The molecule has 0 aromatic heterocycles. The molecule has 21 heavy (non-hydrogen) atoms. The first-order valence-electron chi connectivity index (χ1n) is 7.59. The van der Waals surface area contributed by atoms with Gasteiger partial charge in [0, 0.05) is 0 Å². The van der Waals surface area contributed by atoms with E-state index in [-0.39, 0.29) is 27.9 Å². The average Bonchev–Trinajstić information content (AvgIpc) is 2.61. The van der Waals surface area contributed by atoms with Crippen molar-refractivity contribution in [2.45, 2.75) is 91.6 Å². The van der Waals surface area contributed by atoms with E-state index in [0.717, 1.165) is 0 Å². The van der Waals surface area contributed by atoms with E-state index in [0.29, 0.717) is 0 Å². The summed E-state index contributed by atoms with van der Waals surface area (Å²) in [5, 5.41) is 0. The molecule has 0 aliphatic carbocycles. The number of hydrogen-bond donors (Lipinski definition) is 0. The fourth-order valence-electron chi connectivity index (χ4n) is 2.00. The fraction of sp³-hybridized carbons (Fsp3) is 1.00. The van der Waals surface area contributed by atoms with E-state index in [1.165, 1.54) is 0 Å². The van der Waals surface area contributed by atoms with Crippen molar-refractivity contribution < 1.29 is 24.1 Å². The molecule has 124 valence electrons. The van der Waals surface area contributed by atoms with E-state index >= 15 is 0 Å². The van der Waals surface area contributed by atoms with Crippen LogP contribution in [0.3, 0.4) is 0 Å². The van der Waals surface area contributed by atoms with Crippen LogP contribution in [-0.2, 0) is 18.6 Å². The summed E-state index contributed by atoms with van der Waals surface area (Å²) in [6.07, 6.45) is 0. The molecule has 0 atom stereocenters. The minimum atomic E-state index is -0.476. The topological polar surface area (TPSA) is 68.4 Å². The predicted molar refractivity (Wildman–Crippen MR) is 87.1 cm³/mol. The zero-order chi connectivity index (χ0) is 16.0. The third-order valence-electron chi connectivity index (χ3n) is 4.77. The Hall–Kier alpha value is -0.0701. The third-order valence-corrected chi connectivity index (χ3v) is 4.77. The molecule has 2 aliphatic heterocycles. The summed E-state index contributed by atoms with van der Waals surface area (Å²) in [4.78, 5) is 0. The Morgan fingerprint density at radius 1 is 0.476 bits per heavy atom. The van der Waals surface area contributed by atoms with Gasteiger partial charge in [-0.1, -0.05) is 13.8 Å². The highest BCUT2D eigenvalue weighted by molar-refractivity contribution is 7.11. The lowest BCUT2D eigenvalue weighted by molar-refractivity contribution is 0.00578. The summed E-state index contributed by atoms with van der Waals surface area (Å²) in [6, 6.07) is 0. The summed E-state index contributed by atoms with van der Waals surface area (Å²) < 4.78 is 23.8. The van der Waals surface area contributed by atoms with Gasteiger partial charge in [-0.05, 0) is 55.4 Å². The Morgan fingerprint density at radius 3 is 0.762 bits per heavy atom. The van der Waals surface area contributed by atoms with Crippen LogP contribution in [0.25, 0.3) is 0 Å². The molecular weight excluding hydrogens is 270 g/mol. The van der Waals surface area contributed by atoms with Gasteiger partial charge in [0.2, 0.25) is 0 Å². The van der Waals surface area contributed by atoms with E-state index in [4.69, 9.17) is 18.6 Å². The first-order chi connectivity index (χ1) is 8.88. The van der Waals surface area contributed by atoms with Gasteiger partial charge < -0.3 is 24.1 Å². The molecule has 0 bridgehead atoms. The summed E-state index contributed by atoms with van der Waals surface area (Å²) in [6.45, 7) is 20.2. The molecule has 2 saturated heterocycles. The quantitative estimate of drug-likeness (QED) is 0.698. The Balaban J connectivity index is 0.00000128. The standard InChI is InChI=1S/C12H24B2O4.C2H6.H2O/c1-9(2)10(3,4)16-13(15-9)14-17-11(5,6)12(7,8)18-14;1-2;/h1-8H3;1-2H3;1H2. The SMILES string of the molecule is CC.CC1(C)OB(B2OC(C)(C)C(C)(C)O2)OC1(C)C.O. The molecule has 2 aliphatic rings. The van der Waals surface area contributed by atoms with Crippen LogP contribution >= 0.6 is 0 Å². The fourth-order valence-corrected chi connectivity index (χ4v) is 2.00. The molecule has 5 nitrogen and oxygen atoms in total. The maximum atomic E-state index is 5.96. The van der Waals surface area contributed by atoms with Crippen molar-refractivity contribution in [1.82, 2.24) is 0 Å². The molecule has 0 spiro atoms. The Labute approximate surface area is 130 Å². The van der Waals surface area contributed by atoms with Crippen LogP contribution in [-0.4, -0.2) is 41.9 Å². The van der Waals surface area contributed by atoms with Gasteiger partial charge in [-0.2, -0.15) is 0 Å². The first kappa shape index (κ1) is 20.9. The van der Waals surface area contributed by atoms with Crippen LogP contribution in [0.1, 0.15) is 69.2 Å². The molecular formula is C14H32B2O5. The highest BCUT2D eigenvalue weighted by Crippen LogP contribution is 2.42. The summed E-state index contributed by atoms with van der Waals surface area (Å²) >= 11 is 0. The second kappa shape index (κ2) is 6.20. The van der Waals surface area contributed by atoms with E-state index in [1.807, 2.05) is 69.2 Å². The van der Waals surface area contributed by atoms with Gasteiger partial charge in [-0.25, -0.2) is 0 Å². The van der Waals surface area contributed by atoms with Gasteiger partial charge in [0.15, 0.2) is 0 Å². The second-order valence-corrected chi connectivity index (χ2v) is 7.25. The summed E-state index contributed by atoms with van der Waals surface area (Å²) in [5.41, 5.74) is -1.44. The van der Waals surface area contributed by atoms with Crippen molar-refractivity contribution in [3.8, 4) is 0 Å². The van der Waals surface area contributed by atoms with Crippen molar-refractivity contribution in [1.29, 1.82) is 0 Å². The van der Waals surface area contributed by atoms with Gasteiger partial charge in [0.1, 0.15) is 0 Å². The molecule has 2 rings (SSSR count). The van der Waals surface area contributed by atoms with Crippen molar-refractivity contribution in [2.24, 2.45) is 0 Å². The predicted octanol–water partition coefficient (Wildman–Crippen LogP) is 2.45. The van der Waals surface area contributed by atoms with Crippen molar-refractivity contribution in [3.63, 3.8) is 0 Å². The molecule has 2 fully saturated rings. The van der Waals surface area contributed by atoms with Crippen LogP contribution in [0.15, 0.2) is 0 Å². The van der Waals surface area contributed by atoms with Gasteiger partial charge in [-0.15, -0.1) is 0 Å². The number of rotatable bonds is 1. The molecule has 0 unspecified atom stereocenters. The highest BCUT2D eigenvalue weighted by Gasteiger charge is 2.63. The largest absolute Gasteiger partial charge is 0.488 e. The van der Waals surface area contributed by atoms with E-state index in [9.17, 15) is 0 Å². The molecule has 2 heterocycles. The summed E-state index contributed by atoms with van der Waals surface area (Å²) in [5.74, 6) is 0. The van der Waals surface area contributed by atoms with Crippen LogP contribution in [0.4, 0.5) is 0 Å². The highest BCUT2D eigenvalue weighted by atomic mass is 16.7. The van der Waals surface area contributed by atoms with Crippen molar-refractivity contribution in [3.05, 3.63) is 0 Å². The van der Waals surface area contributed by atoms with Crippen LogP contribution in [0.2, 0.25) is 0 Å². The Bertz CT molecular complexity index is 289. The zero-order valence-corrected chi connectivity index (χ0v) is 15.3. The first-order valence-corrected chi connectivity index (χ1v) is 7.59. The second-order valence-electron chi connectivity index (χ2n) is 7.25.